The number of primary sulfonamides is 1. The fourth-order valence-electron chi connectivity index (χ4n) is 4.66. The molecule has 0 aliphatic carbocycles. The molecule has 1 saturated heterocycles. The second kappa shape index (κ2) is 8.14. The zero-order chi connectivity index (χ0) is 24.2. The lowest BCUT2D eigenvalue weighted by atomic mass is 9.96. The summed E-state index contributed by atoms with van der Waals surface area (Å²) in [6.07, 6.45) is 3.31. The number of carbonyl (C=O) groups is 1. The Labute approximate surface area is 195 Å². The van der Waals surface area contributed by atoms with Crippen molar-refractivity contribution < 1.29 is 22.0 Å². The average molecular weight is 485 g/mol. The smallest absolute Gasteiger partial charge is 0.241 e. The van der Waals surface area contributed by atoms with Crippen molar-refractivity contribution in [1.29, 1.82) is 0 Å². The Bertz CT molecular complexity index is 1390. The Morgan fingerprint density at radius 3 is 2.44 bits per heavy atom. The summed E-state index contributed by atoms with van der Waals surface area (Å²) in [7, 11) is -4.25. The van der Waals surface area contributed by atoms with Gasteiger partial charge in [0.05, 0.1) is 5.92 Å². The van der Waals surface area contributed by atoms with Gasteiger partial charge in [-0.3, -0.25) is 9.78 Å². The van der Waals surface area contributed by atoms with Crippen molar-refractivity contribution >= 4 is 27.3 Å². The largest absolute Gasteiger partial charge is 0.370 e. The van der Waals surface area contributed by atoms with Crippen molar-refractivity contribution in [1.82, 2.24) is 4.98 Å². The second-order valence-electron chi connectivity index (χ2n) is 8.72. The molecule has 0 unspecified atom stereocenters. The summed E-state index contributed by atoms with van der Waals surface area (Å²) < 4.78 is 51.7. The number of halogens is 2. The van der Waals surface area contributed by atoms with Crippen molar-refractivity contribution in [2.75, 3.05) is 22.9 Å². The summed E-state index contributed by atoms with van der Waals surface area (Å²) in [6, 6.07) is 10.8. The van der Waals surface area contributed by atoms with E-state index in [0.29, 0.717) is 41.9 Å². The number of pyridine rings is 1. The number of fused-ring (bicyclic) bond motifs is 1. The van der Waals surface area contributed by atoms with E-state index in [0.717, 1.165) is 17.8 Å². The van der Waals surface area contributed by atoms with Crippen molar-refractivity contribution in [2.45, 2.75) is 24.3 Å². The fraction of sp³-hybridized carbons (Fsp3) is 0.250. The Morgan fingerprint density at radius 1 is 1.09 bits per heavy atom. The van der Waals surface area contributed by atoms with E-state index in [4.69, 9.17) is 5.14 Å². The minimum Gasteiger partial charge on any atom is -0.370 e. The number of hydrogen-bond donors (Lipinski definition) is 1. The number of amides is 1. The van der Waals surface area contributed by atoms with Gasteiger partial charge in [-0.1, -0.05) is 12.1 Å². The number of nitrogens with zero attached hydrogens (tertiary/aromatic N) is 3. The van der Waals surface area contributed by atoms with Crippen LogP contribution in [-0.4, -0.2) is 38.4 Å². The first-order valence-corrected chi connectivity index (χ1v) is 12.3. The molecule has 2 N–H and O–H groups in total. The summed E-state index contributed by atoms with van der Waals surface area (Å²) in [4.78, 5) is 20.2. The third-order valence-corrected chi connectivity index (χ3v) is 7.36. The minimum atomic E-state index is -4.25. The molecule has 5 rings (SSSR count). The lowest BCUT2D eigenvalue weighted by molar-refractivity contribution is -0.123. The summed E-state index contributed by atoms with van der Waals surface area (Å²) in [5.41, 5.74) is 3.01. The first kappa shape index (κ1) is 22.4. The van der Waals surface area contributed by atoms with Crippen molar-refractivity contribution in [3.05, 3.63) is 72.1 Å². The number of aromatic nitrogens is 1. The number of rotatable bonds is 4. The molecule has 34 heavy (non-hydrogen) atoms. The van der Waals surface area contributed by atoms with Gasteiger partial charge in [-0.25, -0.2) is 22.3 Å². The van der Waals surface area contributed by atoms with Crippen LogP contribution in [0, 0.1) is 17.6 Å². The van der Waals surface area contributed by atoms with Gasteiger partial charge < -0.3 is 9.80 Å². The van der Waals surface area contributed by atoms with Crippen LogP contribution in [0.15, 0.2) is 59.8 Å². The topological polar surface area (TPSA) is 96.6 Å². The zero-order valence-electron chi connectivity index (χ0n) is 18.3. The first-order chi connectivity index (χ1) is 16.1. The summed E-state index contributed by atoms with van der Waals surface area (Å²) in [5, 5.41) is 5.14. The Morgan fingerprint density at radius 2 is 1.79 bits per heavy atom. The van der Waals surface area contributed by atoms with E-state index in [1.165, 1.54) is 18.5 Å². The quantitative estimate of drug-likeness (QED) is 0.614. The van der Waals surface area contributed by atoms with E-state index in [9.17, 15) is 22.0 Å². The monoisotopic (exact) mass is 484 g/mol. The molecule has 0 bridgehead atoms. The molecule has 10 heteroatoms. The van der Waals surface area contributed by atoms with Crippen LogP contribution in [0.4, 0.5) is 20.2 Å². The van der Waals surface area contributed by atoms with Crippen molar-refractivity contribution in [3.63, 3.8) is 0 Å². The van der Waals surface area contributed by atoms with E-state index in [1.54, 1.807) is 4.90 Å². The van der Waals surface area contributed by atoms with Gasteiger partial charge in [0.15, 0.2) is 0 Å². The van der Waals surface area contributed by atoms with Crippen LogP contribution >= 0.6 is 0 Å². The van der Waals surface area contributed by atoms with Crippen molar-refractivity contribution in [2.24, 2.45) is 11.1 Å². The number of hydrogen-bond acceptors (Lipinski definition) is 5. The van der Waals surface area contributed by atoms with E-state index < -0.39 is 20.7 Å². The number of anilines is 2. The van der Waals surface area contributed by atoms with Gasteiger partial charge >= 0.3 is 0 Å². The van der Waals surface area contributed by atoms with Gasteiger partial charge in [-0.05, 0) is 54.8 Å². The van der Waals surface area contributed by atoms with Gasteiger partial charge in [0, 0.05) is 48.5 Å². The Hall–Kier alpha value is -3.37. The van der Waals surface area contributed by atoms with Crippen LogP contribution in [0.2, 0.25) is 0 Å². The zero-order valence-corrected chi connectivity index (χ0v) is 19.1. The van der Waals surface area contributed by atoms with Crippen LogP contribution in [0.3, 0.4) is 0 Å². The number of sulfonamides is 1. The number of nitrogens with two attached hydrogens (primary N) is 1. The predicted molar refractivity (Wildman–Crippen MR) is 124 cm³/mol. The van der Waals surface area contributed by atoms with Gasteiger partial charge in [0.1, 0.15) is 16.5 Å². The maximum Gasteiger partial charge on any atom is 0.241 e. The third kappa shape index (κ3) is 3.82. The number of benzene rings is 2. The highest BCUT2D eigenvalue weighted by atomic mass is 32.2. The molecular formula is C24H22F2N4O3S. The lowest BCUT2D eigenvalue weighted by Crippen LogP contribution is -2.55. The molecule has 1 fully saturated rings. The highest BCUT2D eigenvalue weighted by Gasteiger charge is 2.41. The highest BCUT2D eigenvalue weighted by molar-refractivity contribution is 7.89. The molecule has 1 atom stereocenters. The van der Waals surface area contributed by atoms with Crippen LogP contribution in [0.1, 0.15) is 12.5 Å². The maximum absolute atomic E-state index is 14.2. The van der Waals surface area contributed by atoms with Crippen LogP contribution in [0.5, 0.6) is 0 Å². The van der Waals surface area contributed by atoms with E-state index in [-0.39, 0.29) is 23.7 Å². The molecule has 2 aromatic carbocycles. The summed E-state index contributed by atoms with van der Waals surface area (Å²) in [6.45, 7) is 2.82. The van der Waals surface area contributed by atoms with Gasteiger partial charge in [0.2, 0.25) is 15.9 Å². The molecule has 2 aliphatic rings. The molecule has 0 saturated carbocycles. The van der Waals surface area contributed by atoms with Gasteiger partial charge in [-0.2, -0.15) is 0 Å². The molecule has 1 aromatic heterocycles. The minimum absolute atomic E-state index is 0.136. The molecule has 3 heterocycles. The lowest BCUT2D eigenvalue weighted by Gasteiger charge is -2.42. The molecular weight excluding hydrogens is 462 g/mol. The fourth-order valence-corrected chi connectivity index (χ4v) is 5.26. The molecule has 7 nitrogen and oxygen atoms in total. The predicted octanol–water partition coefficient (Wildman–Crippen LogP) is 3.09. The molecule has 3 aromatic rings. The van der Waals surface area contributed by atoms with Gasteiger partial charge in [0.25, 0.3) is 0 Å². The Kier molecular flexibility index (Phi) is 5.37. The van der Waals surface area contributed by atoms with E-state index in [2.05, 4.69) is 4.98 Å². The molecule has 0 radical (unpaired) electrons. The van der Waals surface area contributed by atoms with Crippen molar-refractivity contribution in [3.8, 4) is 11.1 Å². The highest BCUT2D eigenvalue weighted by Crippen LogP contribution is 2.38. The van der Waals surface area contributed by atoms with E-state index >= 15 is 0 Å². The van der Waals surface area contributed by atoms with Crippen LogP contribution in [-0.2, 0) is 21.2 Å². The standard InChI is InChI=1S/C24H22F2N4O3S/c1-14-8-16-9-21(26)23(34(27,32)33)10-22(16)30(14)24(31)17-12-29(13-17)18-4-2-15(3-5-18)19-11-28-7-6-20(19)25/h2-7,9-11,14,17H,8,12-13H2,1H3,(H2,27,32,33)/t14-/m1/s1. The molecule has 2 aliphatic heterocycles. The summed E-state index contributed by atoms with van der Waals surface area (Å²) in [5.74, 6) is -1.68. The maximum atomic E-state index is 14.2. The van der Waals surface area contributed by atoms with Crippen LogP contribution in [0.25, 0.3) is 11.1 Å². The second-order valence-corrected chi connectivity index (χ2v) is 10.3. The molecule has 0 spiro atoms. The molecule has 176 valence electrons. The molecule has 1 amide bonds. The van der Waals surface area contributed by atoms with Crippen LogP contribution < -0.4 is 14.9 Å². The SMILES string of the molecule is C[C@@H]1Cc2cc(F)c(S(N)(=O)=O)cc2N1C(=O)C1CN(c2ccc(-c3cnccc3F)cc2)C1. The van der Waals surface area contributed by atoms with E-state index in [1.807, 2.05) is 36.1 Å². The summed E-state index contributed by atoms with van der Waals surface area (Å²) >= 11 is 0. The third-order valence-electron chi connectivity index (χ3n) is 6.43. The number of carbonyl (C=O) groups excluding carboxylic acids is 1. The average Bonchev–Trinajstić information content (AvgIpc) is 3.06. The van der Waals surface area contributed by atoms with Gasteiger partial charge in [-0.15, -0.1) is 0 Å². The Balaban J connectivity index is 1.31. The normalized spacial score (nSPS) is 18.1. The first-order valence-electron chi connectivity index (χ1n) is 10.8.